The highest BCUT2D eigenvalue weighted by Gasteiger charge is 2.31. The molecule has 1 aliphatic heterocycles. The van der Waals surface area contributed by atoms with Gasteiger partial charge < -0.3 is 9.47 Å². The third-order valence-electron chi connectivity index (χ3n) is 4.44. The van der Waals surface area contributed by atoms with Crippen molar-refractivity contribution in [3.05, 3.63) is 57.8 Å². The number of nitrogens with zero attached hydrogens (tertiary/aromatic N) is 1. The van der Waals surface area contributed by atoms with Gasteiger partial charge in [-0.1, -0.05) is 37.3 Å². The smallest absolute Gasteiger partial charge is 0.137 e. The van der Waals surface area contributed by atoms with E-state index in [4.69, 9.17) is 9.47 Å². The molecule has 0 bridgehead atoms. The van der Waals surface area contributed by atoms with Gasteiger partial charge >= 0.3 is 0 Å². The summed E-state index contributed by atoms with van der Waals surface area (Å²) in [6, 6.07) is 12.2. The van der Waals surface area contributed by atoms with E-state index in [-0.39, 0.29) is 12.2 Å². The largest absolute Gasteiger partial charge is 0.488 e. The summed E-state index contributed by atoms with van der Waals surface area (Å²) in [5, 5.41) is 0. The van der Waals surface area contributed by atoms with Crippen molar-refractivity contribution in [2.45, 2.75) is 46.0 Å². The van der Waals surface area contributed by atoms with Gasteiger partial charge in [0.05, 0.1) is 22.0 Å². The Kier molecular flexibility index (Phi) is 5.02. The number of aryl methyl sites for hydroxylation is 1. The van der Waals surface area contributed by atoms with Gasteiger partial charge in [0.15, 0.2) is 0 Å². The lowest BCUT2D eigenvalue weighted by Gasteiger charge is -2.15. The Bertz CT molecular complexity index is 665. The Hall–Kier alpha value is -1.39. The number of rotatable bonds is 4. The van der Waals surface area contributed by atoms with Crippen molar-refractivity contribution in [2.24, 2.45) is 5.92 Å². The average Bonchev–Trinajstić information content (AvgIpc) is 2.89. The molecule has 23 heavy (non-hydrogen) atoms. The first-order valence-corrected chi connectivity index (χ1v) is 8.83. The monoisotopic (exact) mass is 375 g/mol. The highest BCUT2D eigenvalue weighted by Crippen LogP contribution is 2.39. The molecule has 2 aromatic rings. The summed E-state index contributed by atoms with van der Waals surface area (Å²) in [5.41, 5.74) is 3.04. The number of benzene rings is 1. The molecule has 0 aliphatic carbocycles. The topological polar surface area (TPSA) is 31.4 Å². The second kappa shape index (κ2) is 7.02. The molecule has 0 spiro atoms. The normalized spacial score (nSPS) is 23.9. The molecule has 3 nitrogen and oxygen atoms in total. The predicted octanol–water partition coefficient (Wildman–Crippen LogP) is 5.22. The molecule has 1 fully saturated rings. The molecule has 1 aromatic heterocycles. The van der Waals surface area contributed by atoms with Gasteiger partial charge in [0.1, 0.15) is 18.5 Å². The molecule has 2 heterocycles. The van der Waals surface area contributed by atoms with E-state index in [2.05, 4.69) is 46.9 Å². The Morgan fingerprint density at radius 2 is 2.00 bits per heavy atom. The lowest BCUT2D eigenvalue weighted by Crippen LogP contribution is -2.07. The van der Waals surface area contributed by atoms with Crippen LogP contribution < -0.4 is 4.74 Å². The fraction of sp³-hybridized carbons (Fsp3) is 0.421. The van der Waals surface area contributed by atoms with Crippen LogP contribution in [0.15, 0.2) is 40.9 Å². The minimum Gasteiger partial charge on any atom is -0.488 e. The number of pyridine rings is 1. The zero-order valence-corrected chi connectivity index (χ0v) is 15.3. The van der Waals surface area contributed by atoms with E-state index in [9.17, 15) is 0 Å². The van der Waals surface area contributed by atoms with Gasteiger partial charge in [0.25, 0.3) is 0 Å². The number of ether oxygens (including phenoxy) is 2. The number of aromatic nitrogens is 1. The highest BCUT2D eigenvalue weighted by atomic mass is 79.9. The lowest BCUT2D eigenvalue weighted by atomic mass is 10.0. The Morgan fingerprint density at radius 3 is 2.65 bits per heavy atom. The zero-order valence-electron chi connectivity index (χ0n) is 13.8. The van der Waals surface area contributed by atoms with Crippen molar-refractivity contribution in [1.82, 2.24) is 4.98 Å². The Labute approximate surface area is 146 Å². The summed E-state index contributed by atoms with van der Waals surface area (Å²) in [6.07, 6.45) is 1.35. The van der Waals surface area contributed by atoms with Crippen LogP contribution in [0.4, 0.5) is 0 Å². The first-order valence-electron chi connectivity index (χ1n) is 8.04. The molecule has 0 saturated carbocycles. The van der Waals surface area contributed by atoms with E-state index in [1.807, 2.05) is 31.2 Å². The molecule has 0 radical (unpaired) electrons. The maximum atomic E-state index is 6.04. The standard InChI is InChI=1S/C19H22BrNO2/c1-12-9-17(23-14(12)3)16-10-18(19(20)13(2)21-16)22-11-15-7-5-4-6-8-15/h4-8,10,12,14,17H,9,11H2,1-3H3. The van der Waals surface area contributed by atoms with Crippen molar-refractivity contribution in [1.29, 1.82) is 0 Å². The van der Waals surface area contributed by atoms with Crippen LogP contribution in [0.5, 0.6) is 5.75 Å². The Balaban J connectivity index is 1.80. The van der Waals surface area contributed by atoms with Crippen molar-refractivity contribution < 1.29 is 9.47 Å². The molecule has 1 aliphatic rings. The molecule has 1 saturated heterocycles. The zero-order chi connectivity index (χ0) is 16.4. The first-order chi connectivity index (χ1) is 11.0. The minimum absolute atomic E-state index is 0.0610. The van der Waals surface area contributed by atoms with E-state index < -0.39 is 0 Å². The molecular weight excluding hydrogens is 354 g/mol. The fourth-order valence-electron chi connectivity index (χ4n) is 2.82. The second-order valence-electron chi connectivity index (χ2n) is 6.26. The van der Waals surface area contributed by atoms with Crippen molar-refractivity contribution >= 4 is 15.9 Å². The summed E-state index contributed by atoms with van der Waals surface area (Å²) in [4.78, 5) is 4.69. The molecule has 0 amide bonds. The maximum absolute atomic E-state index is 6.04. The van der Waals surface area contributed by atoms with Crippen LogP contribution >= 0.6 is 15.9 Å². The van der Waals surface area contributed by atoms with Crippen LogP contribution in [0, 0.1) is 12.8 Å². The molecule has 0 N–H and O–H groups in total. The highest BCUT2D eigenvalue weighted by molar-refractivity contribution is 9.10. The number of hydrogen-bond acceptors (Lipinski definition) is 3. The van der Waals surface area contributed by atoms with Crippen LogP contribution in [0.2, 0.25) is 0 Å². The van der Waals surface area contributed by atoms with Gasteiger partial charge in [-0.2, -0.15) is 0 Å². The van der Waals surface area contributed by atoms with Gasteiger partial charge in [0, 0.05) is 6.07 Å². The number of hydrogen-bond donors (Lipinski definition) is 0. The van der Waals surface area contributed by atoms with Gasteiger partial charge in [-0.15, -0.1) is 0 Å². The molecule has 3 unspecified atom stereocenters. The molecule has 3 rings (SSSR count). The molecule has 3 atom stereocenters. The Morgan fingerprint density at radius 1 is 1.26 bits per heavy atom. The third-order valence-corrected chi connectivity index (χ3v) is 5.41. The van der Waals surface area contributed by atoms with E-state index >= 15 is 0 Å². The van der Waals surface area contributed by atoms with Crippen molar-refractivity contribution in [2.75, 3.05) is 0 Å². The quantitative estimate of drug-likeness (QED) is 0.733. The van der Waals surface area contributed by atoms with Crippen LogP contribution in [0.3, 0.4) is 0 Å². The second-order valence-corrected chi connectivity index (χ2v) is 7.05. The predicted molar refractivity (Wildman–Crippen MR) is 94.5 cm³/mol. The van der Waals surface area contributed by atoms with E-state index in [0.29, 0.717) is 12.5 Å². The van der Waals surface area contributed by atoms with Crippen LogP contribution in [-0.2, 0) is 11.3 Å². The van der Waals surface area contributed by atoms with Crippen LogP contribution in [0.1, 0.15) is 43.3 Å². The van der Waals surface area contributed by atoms with E-state index in [1.165, 1.54) is 0 Å². The number of halogens is 1. The molecule has 122 valence electrons. The molecule has 1 aromatic carbocycles. The molecule has 4 heteroatoms. The lowest BCUT2D eigenvalue weighted by molar-refractivity contribution is 0.0447. The average molecular weight is 376 g/mol. The van der Waals surface area contributed by atoms with Crippen LogP contribution in [-0.4, -0.2) is 11.1 Å². The summed E-state index contributed by atoms with van der Waals surface area (Å²) in [5.74, 6) is 1.38. The first kappa shape index (κ1) is 16.5. The minimum atomic E-state index is 0.0610. The van der Waals surface area contributed by atoms with Crippen molar-refractivity contribution in [3.8, 4) is 5.75 Å². The van der Waals surface area contributed by atoms with Gasteiger partial charge in [-0.05, 0) is 47.7 Å². The molecular formula is C19H22BrNO2. The van der Waals surface area contributed by atoms with Crippen molar-refractivity contribution in [3.63, 3.8) is 0 Å². The van der Waals surface area contributed by atoms with Crippen LogP contribution in [0.25, 0.3) is 0 Å². The summed E-state index contributed by atoms with van der Waals surface area (Å²) >= 11 is 3.59. The third kappa shape index (κ3) is 3.75. The van der Waals surface area contributed by atoms with Gasteiger partial charge in [0.2, 0.25) is 0 Å². The van der Waals surface area contributed by atoms with Gasteiger partial charge in [-0.3, -0.25) is 4.98 Å². The van der Waals surface area contributed by atoms with Gasteiger partial charge in [-0.25, -0.2) is 0 Å². The SMILES string of the molecule is Cc1nc(C2CC(C)C(C)O2)cc(OCc2ccccc2)c1Br. The van der Waals surface area contributed by atoms with E-state index in [0.717, 1.165) is 33.6 Å². The summed E-state index contributed by atoms with van der Waals surface area (Å²) < 4.78 is 13.0. The maximum Gasteiger partial charge on any atom is 0.137 e. The van der Waals surface area contributed by atoms with E-state index in [1.54, 1.807) is 0 Å². The fourth-order valence-corrected chi connectivity index (χ4v) is 3.14. The summed E-state index contributed by atoms with van der Waals surface area (Å²) in [7, 11) is 0. The summed E-state index contributed by atoms with van der Waals surface area (Å²) in [6.45, 7) is 6.89.